The minimum Gasteiger partial charge on any atom is -0.480 e. The van der Waals surface area contributed by atoms with Gasteiger partial charge in [0, 0.05) is 44.3 Å². The zero-order valence-corrected chi connectivity index (χ0v) is 18.6. The Labute approximate surface area is 191 Å². The number of aliphatic carboxylic acids is 1. The van der Waals surface area contributed by atoms with E-state index in [1.54, 1.807) is 29.2 Å². The van der Waals surface area contributed by atoms with E-state index >= 15 is 4.39 Å². The Morgan fingerprint density at radius 3 is 2.44 bits per heavy atom. The van der Waals surface area contributed by atoms with Gasteiger partial charge >= 0.3 is 5.97 Å². The molecule has 1 unspecified atom stereocenters. The first-order valence-corrected chi connectivity index (χ1v) is 11.3. The molecule has 2 aromatic carbocycles. The molecular formula is C24H25ClFN3O3. The van der Waals surface area contributed by atoms with Gasteiger partial charge in [0.15, 0.2) is 17.0 Å². The van der Waals surface area contributed by atoms with E-state index in [1.165, 1.54) is 6.07 Å². The van der Waals surface area contributed by atoms with E-state index in [9.17, 15) is 14.7 Å². The SMILES string of the molecule is Cc1ccc(C2(C(=O)O)CN(C3CC3)c3c(cc(Cl)c(N4CCNCC4)c3F)C2=O)cc1. The summed E-state index contributed by atoms with van der Waals surface area (Å²) in [5.74, 6) is -2.38. The fourth-order valence-corrected chi connectivity index (χ4v) is 5.23. The lowest BCUT2D eigenvalue weighted by atomic mass is 9.71. The first kappa shape index (κ1) is 21.2. The van der Waals surface area contributed by atoms with Crippen molar-refractivity contribution in [3.05, 3.63) is 57.9 Å². The van der Waals surface area contributed by atoms with E-state index in [-0.39, 0.29) is 28.9 Å². The van der Waals surface area contributed by atoms with Crippen molar-refractivity contribution in [1.82, 2.24) is 5.32 Å². The van der Waals surface area contributed by atoms with Crippen molar-refractivity contribution >= 4 is 34.7 Å². The van der Waals surface area contributed by atoms with Crippen LogP contribution in [0.4, 0.5) is 15.8 Å². The minimum atomic E-state index is -1.81. The van der Waals surface area contributed by atoms with Gasteiger partial charge in [-0.1, -0.05) is 41.4 Å². The average Bonchev–Trinajstić information content (AvgIpc) is 3.61. The second kappa shape index (κ2) is 7.74. The zero-order chi connectivity index (χ0) is 22.6. The van der Waals surface area contributed by atoms with E-state index in [1.807, 2.05) is 11.8 Å². The van der Waals surface area contributed by atoms with Gasteiger partial charge in [0.1, 0.15) is 0 Å². The Morgan fingerprint density at radius 1 is 1.19 bits per heavy atom. The Morgan fingerprint density at radius 2 is 1.84 bits per heavy atom. The number of halogens is 2. The van der Waals surface area contributed by atoms with Gasteiger partial charge in [-0.3, -0.25) is 9.59 Å². The molecule has 6 nitrogen and oxygen atoms in total. The zero-order valence-electron chi connectivity index (χ0n) is 17.8. The van der Waals surface area contributed by atoms with Crippen LogP contribution in [0.5, 0.6) is 0 Å². The number of anilines is 2. The third-order valence-electron chi connectivity index (χ3n) is 6.83. The van der Waals surface area contributed by atoms with Crippen LogP contribution in [0.2, 0.25) is 5.02 Å². The number of aryl methyl sites for hydroxylation is 1. The van der Waals surface area contributed by atoms with Gasteiger partial charge in [-0.25, -0.2) is 4.39 Å². The van der Waals surface area contributed by atoms with Crippen molar-refractivity contribution in [3.8, 4) is 0 Å². The Balaban J connectivity index is 1.71. The molecule has 8 heteroatoms. The molecular weight excluding hydrogens is 433 g/mol. The number of carbonyl (C=O) groups is 2. The van der Waals surface area contributed by atoms with Crippen LogP contribution in [0.3, 0.4) is 0 Å². The van der Waals surface area contributed by atoms with Crippen molar-refractivity contribution in [1.29, 1.82) is 0 Å². The monoisotopic (exact) mass is 457 g/mol. The highest BCUT2D eigenvalue weighted by Crippen LogP contribution is 2.49. The number of hydrogen-bond acceptors (Lipinski definition) is 5. The number of hydrogen-bond donors (Lipinski definition) is 2. The van der Waals surface area contributed by atoms with Crippen molar-refractivity contribution < 1.29 is 19.1 Å². The van der Waals surface area contributed by atoms with E-state index in [2.05, 4.69) is 5.32 Å². The van der Waals surface area contributed by atoms with E-state index in [0.717, 1.165) is 18.4 Å². The molecule has 0 amide bonds. The van der Waals surface area contributed by atoms with Crippen LogP contribution >= 0.6 is 11.6 Å². The van der Waals surface area contributed by atoms with Crippen LogP contribution in [0.25, 0.3) is 0 Å². The molecule has 1 aliphatic carbocycles. The first-order valence-electron chi connectivity index (χ1n) is 10.9. The summed E-state index contributed by atoms with van der Waals surface area (Å²) in [6.45, 7) is 4.45. The highest BCUT2D eigenvalue weighted by Gasteiger charge is 2.56. The molecule has 2 aliphatic heterocycles. The molecule has 32 heavy (non-hydrogen) atoms. The number of nitrogens with zero attached hydrogens (tertiary/aromatic N) is 2. The molecule has 1 saturated heterocycles. The third-order valence-corrected chi connectivity index (χ3v) is 7.11. The highest BCUT2D eigenvalue weighted by molar-refractivity contribution is 6.34. The molecule has 2 heterocycles. The van der Waals surface area contributed by atoms with Crippen LogP contribution in [0, 0.1) is 12.7 Å². The maximum absolute atomic E-state index is 16.0. The molecule has 0 bridgehead atoms. The lowest BCUT2D eigenvalue weighted by Crippen LogP contribution is -2.57. The van der Waals surface area contributed by atoms with E-state index < -0.39 is 23.0 Å². The fraction of sp³-hybridized carbons (Fsp3) is 0.417. The quantitative estimate of drug-likeness (QED) is 0.686. The van der Waals surface area contributed by atoms with E-state index in [0.29, 0.717) is 37.4 Å². The first-order chi connectivity index (χ1) is 15.3. The summed E-state index contributed by atoms with van der Waals surface area (Å²) in [5, 5.41) is 13.7. The number of fused-ring (bicyclic) bond motifs is 1. The van der Waals surface area contributed by atoms with Crippen molar-refractivity contribution in [2.24, 2.45) is 0 Å². The highest BCUT2D eigenvalue weighted by atomic mass is 35.5. The maximum Gasteiger partial charge on any atom is 0.323 e. The third kappa shape index (κ3) is 3.18. The number of Topliss-reactive ketones (excluding diaryl/α,β-unsaturated/α-hetero) is 1. The molecule has 1 saturated carbocycles. The standard InChI is InChI=1S/C24H25ClFN3O3/c1-14-2-4-15(5-3-14)24(23(31)32)13-29(16-6-7-16)20-17(22(24)30)12-18(25)21(19(20)26)28-10-8-27-9-11-28/h2-5,12,16,27H,6-11,13H2,1H3,(H,31,32). The second-order valence-electron chi connectivity index (χ2n) is 8.92. The summed E-state index contributed by atoms with van der Waals surface area (Å²) >= 11 is 6.53. The number of carboxylic acid groups (broad SMARTS) is 1. The largest absolute Gasteiger partial charge is 0.480 e. The summed E-state index contributed by atoms with van der Waals surface area (Å²) in [6, 6.07) is 8.45. The van der Waals surface area contributed by atoms with Gasteiger partial charge in [0.05, 0.1) is 16.4 Å². The van der Waals surface area contributed by atoms with Gasteiger partial charge < -0.3 is 20.2 Å². The number of piperazine rings is 1. The molecule has 3 aliphatic rings. The molecule has 2 aromatic rings. The van der Waals surface area contributed by atoms with E-state index in [4.69, 9.17) is 11.6 Å². The molecule has 0 spiro atoms. The lowest BCUT2D eigenvalue weighted by Gasteiger charge is -2.42. The molecule has 0 aromatic heterocycles. The van der Waals surface area contributed by atoms with Crippen LogP contribution in [0.15, 0.2) is 30.3 Å². The number of carboxylic acids is 1. The number of benzene rings is 2. The lowest BCUT2D eigenvalue weighted by molar-refractivity contribution is -0.141. The van der Waals surface area contributed by atoms with Gasteiger partial charge in [0.2, 0.25) is 0 Å². The topological polar surface area (TPSA) is 72.9 Å². The summed E-state index contributed by atoms with van der Waals surface area (Å²) in [6.07, 6.45) is 1.67. The van der Waals surface area contributed by atoms with Gasteiger partial charge in [-0.05, 0) is 31.4 Å². The normalized spacial score (nSPS) is 23.3. The maximum atomic E-state index is 16.0. The predicted molar refractivity (Wildman–Crippen MR) is 122 cm³/mol. The Kier molecular flexibility index (Phi) is 5.13. The van der Waals surface area contributed by atoms with Gasteiger partial charge in [-0.2, -0.15) is 0 Å². The molecule has 1 atom stereocenters. The van der Waals surface area contributed by atoms with Crippen molar-refractivity contribution in [3.63, 3.8) is 0 Å². The minimum absolute atomic E-state index is 0.0116. The summed E-state index contributed by atoms with van der Waals surface area (Å²) < 4.78 is 16.0. The fourth-order valence-electron chi connectivity index (χ4n) is 4.91. The molecule has 5 rings (SSSR count). The number of carbonyl (C=O) groups excluding carboxylic acids is 1. The predicted octanol–water partition coefficient (Wildman–Crippen LogP) is 3.38. The Bertz CT molecular complexity index is 1100. The van der Waals surface area contributed by atoms with Crippen molar-refractivity contribution in [2.75, 3.05) is 42.5 Å². The average molecular weight is 458 g/mol. The van der Waals surface area contributed by atoms with Crippen LogP contribution in [-0.2, 0) is 10.2 Å². The Hall–Kier alpha value is -2.64. The molecule has 2 N–H and O–H groups in total. The number of ketones is 1. The second-order valence-corrected chi connectivity index (χ2v) is 9.33. The summed E-state index contributed by atoms with van der Waals surface area (Å²) in [5.41, 5.74) is 0.0946. The van der Waals surface area contributed by atoms with Crippen molar-refractivity contribution in [2.45, 2.75) is 31.2 Å². The molecule has 168 valence electrons. The van der Waals surface area contributed by atoms with Gasteiger partial charge in [0.25, 0.3) is 0 Å². The number of rotatable bonds is 4. The summed E-state index contributed by atoms with van der Waals surface area (Å²) in [4.78, 5) is 30.1. The van der Waals surface area contributed by atoms with Gasteiger partial charge in [-0.15, -0.1) is 0 Å². The number of nitrogens with one attached hydrogen (secondary N) is 1. The smallest absolute Gasteiger partial charge is 0.323 e. The molecule has 0 radical (unpaired) electrons. The van der Waals surface area contributed by atoms with Crippen LogP contribution < -0.4 is 15.1 Å². The van der Waals surface area contributed by atoms with Crippen LogP contribution in [0.1, 0.15) is 34.3 Å². The summed E-state index contributed by atoms with van der Waals surface area (Å²) in [7, 11) is 0. The van der Waals surface area contributed by atoms with Crippen LogP contribution in [-0.4, -0.2) is 55.6 Å². The molecule has 2 fully saturated rings.